The normalized spacial score (nSPS) is 14.6. The zero-order chi connectivity index (χ0) is 19.3. The summed E-state index contributed by atoms with van der Waals surface area (Å²) in [4.78, 5) is 6.59. The molecule has 1 aliphatic carbocycles. The Balaban J connectivity index is 0.00000280. The van der Waals surface area contributed by atoms with E-state index in [0.717, 1.165) is 49.0 Å². The van der Waals surface area contributed by atoms with E-state index in [0.29, 0.717) is 0 Å². The van der Waals surface area contributed by atoms with Crippen LogP contribution in [0, 0.1) is 0 Å². The lowest BCUT2D eigenvalue weighted by Crippen LogP contribution is -2.42. The number of benzene rings is 2. The van der Waals surface area contributed by atoms with E-state index in [2.05, 4.69) is 33.4 Å². The number of guanidine groups is 1. The molecule has 0 radical (unpaired) electrons. The number of aliphatic imine (C=N–C) groups is 1. The molecule has 5 nitrogen and oxygen atoms in total. The first-order valence-corrected chi connectivity index (χ1v) is 9.31. The van der Waals surface area contributed by atoms with Gasteiger partial charge in [0.15, 0.2) is 5.96 Å². The molecular formula is C22H30IN3O2. The summed E-state index contributed by atoms with van der Waals surface area (Å²) in [5.41, 5.74) is 2.55. The molecule has 0 heterocycles. The van der Waals surface area contributed by atoms with Crippen molar-refractivity contribution in [1.29, 1.82) is 0 Å². The highest BCUT2D eigenvalue weighted by Gasteiger charge is 2.46. The zero-order valence-corrected chi connectivity index (χ0v) is 19.4. The van der Waals surface area contributed by atoms with E-state index >= 15 is 0 Å². The highest BCUT2D eigenvalue weighted by molar-refractivity contribution is 14.0. The molecule has 152 valence electrons. The van der Waals surface area contributed by atoms with Gasteiger partial charge in [0.2, 0.25) is 0 Å². The van der Waals surface area contributed by atoms with Gasteiger partial charge in [0, 0.05) is 43.7 Å². The van der Waals surface area contributed by atoms with Crippen LogP contribution < -0.4 is 14.8 Å². The molecule has 0 aromatic heterocycles. The Labute approximate surface area is 185 Å². The fraction of sp³-hybridized carbons (Fsp3) is 0.409. The molecule has 0 unspecified atom stereocenters. The molecule has 0 bridgehead atoms. The molecule has 0 saturated heterocycles. The Bertz CT molecular complexity index is 806. The van der Waals surface area contributed by atoms with Gasteiger partial charge in [0.1, 0.15) is 11.5 Å². The van der Waals surface area contributed by atoms with Gasteiger partial charge in [0.05, 0.1) is 14.2 Å². The molecule has 28 heavy (non-hydrogen) atoms. The fourth-order valence-corrected chi connectivity index (χ4v) is 3.57. The third kappa shape index (κ3) is 4.90. The van der Waals surface area contributed by atoms with E-state index < -0.39 is 0 Å². The first-order chi connectivity index (χ1) is 13.1. The van der Waals surface area contributed by atoms with Gasteiger partial charge in [-0.15, -0.1) is 24.0 Å². The number of hydrogen-bond acceptors (Lipinski definition) is 3. The van der Waals surface area contributed by atoms with Crippen LogP contribution in [-0.4, -0.2) is 45.7 Å². The van der Waals surface area contributed by atoms with Crippen molar-refractivity contribution < 1.29 is 9.47 Å². The topological polar surface area (TPSA) is 46.1 Å². The van der Waals surface area contributed by atoms with Gasteiger partial charge in [-0.1, -0.05) is 36.4 Å². The Morgan fingerprint density at radius 3 is 2.25 bits per heavy atom. The molecule has 0 spiro atoms. The summed E-state index contributed by atoms with van der Waals surface area (Å²) in [6, 6.07) is 16.4. The largest absolute Gasteiger partial charge is 0.496 e. The lowest BCUT2D eigenvalue weighted by Gasteiger charge is -2.26. The number of ether oxygens (including phenoxy) is 2. The quantitative estimate of drug-likeness (QED) is 0.358. The van der Waals surface area contributed by atoms with E-state index in [4.69, 9.17) is 9.47 Å². The van der Waals surface area contributed by atoms with E-state index in [9.17, 15) is 0 Å². The van der Waals surface area contributed by atoms with Crippen molar-refractivity contribution in [2.24, 2.45) is 4.99 Å². The number of hydrogen-bond donors (Lipinski definition) is 1. The van der Waals surface area contributed by atoms with E-state index in [1.54, 1.807) is 14.2 Å². The molecular weight excluding hydrogens is 465 g/mol. The van der Waals surface area contributed by atoms with Crippen molar-refractivity contribution in [2.75, 3.05) is 34.9 Å². The minimum absolute atomic E-state index is 0. The highest BCUT2D eigenvalue weighted by atomic mass is 127. The molecule has 1 aliphatic rings. The first-order valence-electron chi connectivity index (χ1n) is 9.31. The Morgan fingerprint density at radius 2 is 1.64 bits per heavy atom. The van der Waals surface area contributed by atoms with Crippen LogP contribution in [0.3, 0.4) is 0 Å². The maximum absolute atomic E-state index is 5.57. The van der Waals surface area contributed by atoms with Crippen molar-refractivity contribution in [3.8, 4) is 11.5 Å². The maximum Gasteiger partial charge on any atom is 0.193 e. The Morgan fingerprint density at radius 1 is 1.04 bits per heavy atom. The number of para-hydroxylation sites is 2. The van der Waals surface area contributed by atoms with Gasteiger partial charge in [-0.25, -0.2) is 0 Å². The van der Waals surface area contributed by atoms with Crippen molar-refractivity contribution in [2.45, 2.75) is 24.8 Å². The zero-order valence-electron chi connectivity index (χ0n) is 17.1. The van der Waals surface area contributed by atoms with Crippen molar-refractivity contribution in [3.63, 3.8) is 0 Å². The summed E-state index contributed by atoms with van der Waals surface area (Å²) >= 11 is 0. The van der Waals surface area contributed by atoms with Crippen molar-refractivity contribution in [1.82, 2.24) is 10.2 Å². The van der Waals surface area contributed by atoms with Crippen LogP contribution in [0.5, 0.6) is 11.5 Å². The highest BCUT2D eigenvalue weighted by Crippen LogP contribution is 2.50. The SMILES string of the molecule is CN=C(NCC1(c2ccccc2OC)CC1)N(C)Cc1ccccc1OC.I. The summed E-state index contributed by atoms with van der Waals surface area (Å²) in [6.07, 6.45) is 2.32. The summed E-state index contributed by atoms with van der Waals surface area (Å²) in [6.45, 7) is 1.57. The third-order valence-corrected chi connectivity index (χ3v) is 5.29. The number of nitrogens with zero attached hydrogens (tertiary/aromatic N) is 2. The first kappa shape index (κ1) is 22.3. The third-order valence-electron chi connectivity index (χ3n) is 5.29. The van der Waals surface area contributed by atoms with Crippen LogP contribution in [0.25, 0.3) is 0 Å². The molecule has 6 heteroatoms. The minimum atomic E-state index is 0. The average molecular weight is 495 g/mol. The molecule has 1 fully saturated rings. The predicted molar refractivity (Wildman–Crippen MR) is 125 cm³/mol. The molecule has 2 aromatic rings. The van der Waals surface area contributed by atoms with Gasteiger partial charge >= 0.3 is 0 Å². The molecule has 0 amide bonds. The van der Waals surface area contributed by atoms with Crippen LogP contribution in [0.2, 0.25) is 0 Å². The lowest BCUT2D eigenvalue weighted by atomic mass is 9.95. The van der Waals surface area contributed by atoms with Crippen LogP contribution >= 0.6 is 24.0 Å². The van der Waals surface area contributed by atoms with Gasteiger partial charge in [-0.3, -0.25) is 4.99 Å². The average Bonchev–Trinajstić information content (AvgIpc) is 3.49. The second-order valence-corrected chi connectivity index (χ2v) is 7.05. The molecule has 2 aromatic carbocycles. The number of rotatable bonds is 7. The van der Waals surface area contributed by atoms with Crippen molar-refractivity contribution >= 4 is 29.9 Å². The molecule has 1 saturated carbocycles. The maximum atomic E-state index is 5.57. The fourth-order valence-electron chi connectivity index (χ4n) is 3.57. The summed E-state index contributed by atoms with van der Waals surface area (Å²) in [7, 11) is 7.31. The van der Waals surface area contributed by atoms with E-state index in [-0.39, 0.29) is 29.4 Å². The second-order valence-electron chi connectivity index (χ2n) is 7.05. The van der Waals surface area contributed by atoms with Crippen LogP contribution in [0.1, 0.15) is 24.0 Å². The summed E-state index contributed by atoms with van der Waals surface area (Å²) < 4.78 is 11.0. The van der Waals surface area contributed by atoms with Gasteiger partial charge in [-0.05, 0) is 25.0 Å². The Hall–Kier alpha value is -1.96. The van der Waals surface area contributed by atoms with Gasteiger partial charge in [0.25, 0.3) is 0 Å². The lowest BCUT2D eigenvalue weighted by molar-refractivity contribution is 0.394. The number of halogens is 1. The smallest absolute Gasteiger partial charge is 0.193 e. The standard InChI is InChI=1S/C22H29N3O2.HI/c1-23-21(25(2)15-17-9-5-7-11-19(17)26-3)24-16-22(13-14-22)18-10-6-8-12-20(18)27-4;/h5-12H,13-16H2,1-4H3,(H,23,24);1H. The molecule has 1 N–H and O–H groups in total. The van der Waals surface area contributed by atoms with Gasteiger partial charge in [-0.2, -0.15) is 0 Å². The van der Waals surface area contributed by atoms with E-state index in [1.165, 1.54) is 5.56 Å². The molecule has 0 atom stereocenters. The van der Waals surface area contributed by atoms with Crippen LogP contribution in [0.4, 0.5) is 0 Å². The predicted octanol–water partition coefficient (Wildman–Crippen LogP) is 4.06. The number of nitrogens with one attached hydrogen (secondary N) is 1. The molecule has 3 rings (SSSR count). The van der Waals surface area contributed by atoms with Crippen molar-refractivity contribution in [3.05, 3.63) is 59.7 Å². The summed E-state index contributed by atoms with van der Waals surface area (Å²) in [5.74, 6) is 2.74. The molecule has 0 aliphatic heterocycles. The van der Waals surface area contributed by atoms with Gasteiger partial charge < -0.3 is 19.7 Å². The van der Waals surface area contributed by atoms with E-state index in [1.807, 2.05) is 44.4 Å². The Kier molecular flexibility index (Phi) is 7.98. The van der Waals surface area contributed by atoms with Crippen LogP contribution in [-0.2, 0) is 12.0 Å². The number of methoxy groups -OCH3 is 2. The minimum Gasteiger partial charge on any atom is -0.496 e. The van der Waals surface area contributed by atoms with Crippen LogP contribution in [0.15, 0.2) is 53.5 Å². The second kappa shape index (κ2) is 10.0. The monoisotopic (exact) mass is 495 g/mol. The summed E-state index contributed by atoms with van der Waals surface area (Å²) in [5, 5.41) is 3.56.